The molecule has 2 N–H and O–H groups in total. The molecule has 0 aliphatic heterocycles. The van der Waals surface area contributed by atoms with Gasteiger partial charge in [-0.3, -0.25) is 20.3 Å². The van der Waals surface area contributed by atoms with Crippen LogP contribution in [-0.2, 0) is 10.0 Å². The number of hydrogen-bond acceptors (Lipinski definition) is 7. The van der Waals surface area contributed by atoms with E-state index in [1.807, 2.05) is 6.07 Å². The summed E-state index contributed by atoms with van der Waals surface area (Å²) in [5, 5.41) is 24.7. The third-order valence-electron chi connectivity index (χ3n) is 4.34. The number of rotatable bonds is 7. The maximum absolute atomic E-state index is 13.0. The highest BCUT2D eigenvalue weighted by Crippen LogP contribution is 2.29. The van der Waals surface area contributed by atoms with Crippen LogP contribution in [0.15, 0.2) is 76.7 Å². The molecule has 32 heavy (non-hydrogen) atoms. The van der Waals surface area contributed by atoms with Crippen molar-refractivity contribution >= 4 is 44.4 Å². The summed E-state index contributed by atoms with van der Waals surface area (Å²) in [6.07, 6.45) is 0. The predicted molar refractivity (Wildman–Crippen MR) is 122 cm³/mol. The lowest BCUT2D eigenvalue weighted by Crippen LogP contribution is -2.15. The Hall–Kier alpha value is -3.94. The Bertz CT molecular complexity index is 1330. The van der Waals surface area contributed by atoms with Crippen LogP contribution in [0.5, 0.6) is 0 Å². The minimum atomic E-state index is -4.20. The molecule has 3 aromatic rings. The molecule has 0 saturated carbocycles. The van der Waals surface area contributed by atoms with E-state index >= 15 is 0 Å². The Morgan fingerprint density at radius 2 is 1.75 bits per heavy atom. The molecule has 9 nitrogen and oxygen atoms in total. The summed E-state index contributed by atoms with van der Waals surface area (Å²) in [6.45, 7) is 1.69. The predicted octanol–water partition coefficient (Wildman–Crippen LogP) is 4.76. The van der Waals surface area contributed by atoms with E-state index in [2.05, 4.69) is 15.2 Å². The van der Waals surface area contributed by atoms with Crippen molar-refractivity contribution in [3.05, 3.63) is 93.0 Å². The van der Waals surface area contributed by atoms with E-state index in [1.54, 1.807) is 31.2 Å². The number of nitrogens with one attached hydrogen (secondary N) is 2. The van der Waals surface area contributed by atoms with E-state index in [0.717, 1.165) is 6.07 Å². The van der Waals surface area contributed by atoms with Gasteiger partial charge in [-0.2, -0.15) is 10.4 Å². The molecule has 0 aliphatic carbocycles. The van der Waals surface area contributed by atoms with Crippen LogP contribution in [0.1, 0.15) is 18.1 Å². The van der Waals surface area contributed by atoms with Crippen molar-refractivity contribution in [2.24, 2.45) is 5.10 Å². The van der Waals surface area contributed by atoms with Crippen molar-refractivity contribution < 1.29 is 13.3 Å². The highest BCUT2D eigenvalue weighted by molar-refractivity contribution is 7.92. The zero-order valence-electron chi connectivity index (χ0n) is 16.6. The van der Waals surface area contributed by atoms with Gasteiger partial charge in [-0.05, 0) is 55.0 Å². The fourth-order valence-electron chi connectivity index (χ4n) is 2.66. The van der Waals surface area contributed by atoms with E-state index in [0.29, 0.717) is 21.9 Å². The molecule has 0 fully saturated rings. The average Bonchev–Trinajstić information content (AvgIpc) is 2.78. The van der Waals surface area contributed by atoms with E-state index in [9.17, 15) is 18.5 Å². The molecule has 0 amide bonds. The second-order valence-corrected chi connectivity index (χ2v) is 8.64. The van der Waals surface area contributed by atoms with Gasteiger partial charge in [-0.15, -0.1) is 0 Å². The molecule has 0 aromatic heterocycles. The Balaban J connectivity index is 1.96. The molecule has 0 heterocycles. The zero-order chi connectivity index (χ0) is 23.3. The smallest absolute Gasteiger partial charge is 0.270 e. The number of anilines is 2. The summed E-state index contributed by atoms with van der Waals surface area (Å²) < 4.78 is 28.3. The van der Waals surface area contributed by atoms with Gasteiger partial charge in [0.15, 0.2) is 0 Å². The Labute approximate surface area is 189 Å². The second-order valence-electron chi connectivity index (χ2n) is 6.55. The van der Waals surface area contributed by atoms with Gasteiger partial charge in [0, 0.05) is 22.8 Å². The highest BCUT2D eigenvalue weighted by atomic mass is 35.5. The SMILES string of the molecule is C/C(=N\Nc1ccc([N+](=O)[O-])cc1S(=O)(=O)Nc1ccc(Cl)cc1)c1ccc(C#N)cc1. The number of non-ortho nitro benzene ring substituents is 1. The van der Waals surface area contributed by atoms with E-state index < -0.39 is 14.9 Å². The third-order valence-corrected chi connectivity index (χ3v) is 6.01. The average molecular weight is 470 g/mol. The van der Waals surface area contributed by atoms with Gasteiger partial charge in [-0.25, -0.2) is 8.42 Å². The van der Waals surface area contributed by atoms with Gasteiger partial charge >= 0.3 is 0 Å². The third kappa shape index (κ3) is 5.40. The van der Waals surface area contributed by atoms with Crippen molar-refractivity contribution in [2.75, 3.05) is 10.1 Å². The number of nitro groups is 1. The maximum atomic E-state index is 13.0. The largest absolute Gasteiger partial charge is 0.280 e. The van der Waals surface area contributed by atoms with Crippen LogP contribution in [0.4, 0.5) is 17.1 Å². The molecule has 0 atom stereocenters. The molecule has 0 unspecified atom stereocenters. The number of halogens is 1. The van der Waals surface area contributed by atoms with Crippen molar-refractivity contribution in [1.29, 1.82) is 5.26 Å². The summed E-state index contributed by atoms with van der Waals surface area (Å²) in [4.78, 5) is 10.2. The fraction of sp³-hybridized carbons (Fsp3) is 0.0476. The molecule has 11 heteroatoms. The van der Waals surface area contributed by atoms with Crippen molar-refractivity contribution in [2.45, 2.75) is 11.8 Å². The van der Waals surface area contributed by atoms with Crippen molar-refractivity contribution in [3.63, 3.8) is 0 Å². The molecule has 0 saturated heterocycles. The number of nitrogens with zero attached hydrogens (tertiary/aromatic N) is 3. The molecular formula is C21H16ClN5O4S. The number of sulfonamides is 1. The van der Waals surface area contributed by atoms with Crippen LogP contribution in [0, 0.1) is 21.4 Å². The van der Waals surface area contributed by atoms with Crippen molar-refractivity contribution in [1.82, 2.24) is 0 Å². The lowest BCUT2D eigenvalue weighted by Gasteiger charge is -2.12. The topological polar surface area (TPSA) is 137 Å². The van der Waals surface area contributed by atoms with Crippen LogP contribution in [0.2, 0.25) is 5.02 Å². The first kappa shape index (κ1) is 22.7. The summed E-state index contributed by atoms with van der Waals surface area (Å²) in [7, 11) is -4.20. The van der Waals surface area contributed by atoms with E-state index in [-0.39, 0.29) is 22.0 Å². The van der Waals surface area contributed by atoms with Crippen LogP contribution in [0.25, 0.3) is 0 Å². The molecule has 0 radical (unpaired) electrons. The Kier molecular flexibility index (Phi) is 6.73. The number of nitriles is 1. The standard InChI is InChI=1S/C21H16ClN5O4S/c1-14(16-4-2-15(13-23)3-5-16)24-25-20-11-10-19(27(28)29)12-21(20)32(30,31)26-18-8-6-17(22)7-9-18/h2-12,25-26H,1H3/b24-14+. The molecule has 0 aliphatic rings. The molecular weight excluding hydrogens is 454 g/mol. The van der Waals surface area contributed by atoms with Crippen LogP contribution in [0.3, 0.4) is 0 Å². The number of benzene rings is 3. The lowest BCUT2D eigenvalue weighted by atomic mass is 10.1. The number of nitro benzene ring substituents is 1. The number of hydrazone groups is 1. The molecule has 0 bridgehead atoms. The minimum Gasteiger partial charge on any atom is -0.280 e. The zero-order valence-corrected chi connectivity index (χ0v) is 18.2. The summed E-state index contributed by atoms with van der Waals surface area (Å²) in [6, 6.07) is 18.0. The summed E-state index contributed by atoms with van der Waals surface area (Å²) >= 11 is 5.83. The first-order chi connectivity index (χ1) is 15.2. The van der Waals surface area contributed by atoms with Gasteiger partial charge in [0.2, 0.25) is 0 Å². The monoisotopic (exact) mass is 469 g/mol. The molecule has 0 spiro atoms. The maximum Gasteiger partial charge on any atom is 0.270 e. The molecule has 3 rings (SSSR count). The molecule has 162 valence electrons. The van der Waals surface area contributed by atoms with Crippen LogP contribution >= 0.6 is 11.6 Å². The first-order valence-electron chi connectivity index (χ1n) is 9.07. The minimum absolute atomic E-state index is 0.0464. The van der Waals surface area contributed by atoms with Gasteiger partial charge < -0.3 is 0 Å². The Morgan fingerprint density at radius 3 is 2.34 bits per heavy atom. The van der Waals surface area contributed by atoms with Crippen molar-refractivity contribution in [3.8, 4) is 6.07 Å². The van der Waals surface area contributed by atoms with E-state index in [4.69, 9.17) is 16.9 Å². The second kappa shape index (κ2) is 9.47. The van der Waals surface area contributed by atoms with Gasteiger partial charge in [-0.1, -0.05) is 23.7 Å². The van der Waals surface area contributed by atoms with Gasteiger partial charge in [0.1, 0.15) is 4.90 Å². The first-order valence-corrected chi connectivity index (χ1v) is 10.9. The lowest BCUT2D eigenvalue weighted by molar-refractivity contribution is -0.385. The van der Waals surface area contributed by atoms with Gasteiger partial charge in [0.25, 0.3) is 15.7 Å². The summed E-state index contributed by atoms with van der Waals surface area (Å²) in [5.41, 5.74) is 4.28. The van der Waals surface area contributed by atoms with Crippen LogP contribution < -0.4 is 10.1 Å². The number of hydrogen-bond donors (Lipinski definition) is 2. The van der Waals surface area contributed by atoms with Gasteiger partial charge in [0.05, 0.1) is 28.0 Å². The molecule has 3 aromatic carbocycles. The fourth-order valence-corrected chi connectivity index (χ4v) is 4.02. The highest BCUT2D eigenvalue weighted by Gasteiger charge is 2.23. The quantitative estimate of drug-likeness (QED) is 0.290. The van der Waals surface area contributed by atoms with Crippen LogP contribution in [-0.4, -0.2) is 19.1 Å². The Morgan fingerprint density at radius 1 is 1.09 bits per heavy atom. The van der Waals surface area contributed by atoms with E-state index in [1.165, 1.54) is 36.4 Å². The summed E-state index contributed by atoms with van der Waals surface area (Å²) in [5.74, 6) is 0. The normalized spacial score (nSPS) is 11.5.